The van der Waals surface area contributed by atoms with Crippen molar-refractivity contribution < 1.29 is 37.5 Å². The van der Waals surface area contributed by atoms with Gasteiger partial charge < -0.3 is 23.3 Å². The molecule has 0 N–H and O–H groups in total. The zero-order valence-corrected chi connectivity index (χ0v) is 14.8. The number of aromatic nitrogens is 3. The van der Waals surface area contributed by atoms with E-state index in [1.165, 1.54) is 30.0 Å². The quantitative estimate of drug-likeness (QED) is 0.433. The van der Waals surface area contributed by atoms with Crippen molar-refractivity contribution in [3.63, 3.8) is 0 Å². The van der Waals surface area contributed by atoms with Crippen LogP contribution in [0.2, 0.25) is 0 Å². The molecule has 146 valence electrons. The van der Waals surface area contributed by atoms with Crippen molar-refractivity contribution in [2.75, 3.05) is 20.8 Å². The van der Waals surface area contributed by atoms with Gasteiger partial charge in [-0.1, -0.05) is 0 Å². The van der Waals surface area contributed by atoms with Crippen LogP contribution in [0.15, 0.2) is 28.9 Å². The van der Waals surface area contributed by atoms with E-state index in [9.17, 15) is 18.8 Å². The zero-order valence-electron chi connectivity index (χ0n) is 14.8. The maximum atomic E-state index is 13.7. The fourth-order valence-electron chi connectivity index (χ4n) is 2.45. The van der Waals surface area contributed by atoms with Crippen LogP contribution < -0.4 is 0 Å². The highest BCUT2D eigenvalue weighted by molar-refractivity contribution is 6.14. The second kappa shape index (κ2) is 7.96. The molecule has 0 aliphatic carbocycles. The molecule has 0 amide bonds. The monoisotopic (exact) mass is 391 g/mol. The SMILES string of the molecule is COC(=O)COCn1cc(C(=O)c2nc(C(=O)OC)no2)c2cc(F)ccc21. The van der Waals surface area contributed by atoms with E-state index in [1.54, 1.807) is 0 Å². The lowest BCUT2D eigenvalue weighted by Gasteiger charge is -2.05. The summed E-state index contributed by atoms with van der Waals surface area (Å²) in [6.07, 6.45) is 1.39. The molecule has 0 saturated heterocycles. The second-order valence-corrected chi connectivity index (χ2v) is 5.47. The van der Waals surface area contributed by atoms with Gasteiger partial charge in [0.15, 0.2) is 0 Å². The Balaban J connectivity index is 1.94. The van der Waals surface area contributed by atoms with Gasteiger partial charge in [0, 0.05) is 11.6 Å². The predicted molar refractivity (Wildman–Crippen MR) is 88.9 cm³/mol. The van der Waals surface area contributed by atoms with Gasteiger partial charge in [-0.2, -0.15) is 4.98 Å². The average molecular weight is 391 g/mol. The Morgan fingerprint density at radius 2 is 2.00 bits per heavy atom. The number of ether oxygens (including phenoxy) is 3. The molecule has 3 aromatic rings. The molecular formula is C17H14FN3O7. The number of methoxy groups -OCH3 is 2. The molecule has 10 nitrogen and oxygen atoms in total. The standard InChI is InChI=1S/C17H14FN3O7/c1-25-13(22)7-27-8-21-6-11(10-5-9(18)3-4-12(10)21)14(23)16-19-15(20-28-16)17(24)26-2/h3-6H,7-8H2,1-2H3. The minimum Gasteiger partial charge on any atom is -0.467 e. The summed E-state index contributed by atoms with van der Waals surface area (Å²) in [7, 11) is 2.36. The molecule has 3 rings (SSSR count). The van der Waals surface area contributed by atoms with E-state index < -0.39 is 35.3 Å². The first-order valence-electron chi connectivity index (χ1n) is 7.84. The molecule has 0 saturated carbocycles. The van der Waals surface area contributed by atoms with Gasteiger partial charge in [-0.05, 0) is 23.4 Å². The maximum absolute atomic E-state index is 13.7. The number of benzene rings is 1. The Kier molecular flexibility index (Phi) is 5.45. The van der Waals surface area contributed by atoms with Crippen LogP contribution in [0.4, 0.5) is 4.39 Å². The van der Waals surface area contributed by atoms with Crippen LogP contribution in [0.5, 0.6) is 0 Å². The zero-order chi connectivity index (χ0) is 20.3. The third-order valence-corrected chi connectivity index (χ3v) is 3.75. The van der Waals surface area contributed by atoms with Gasteiger partial charge in [-0.25, -0.2) is 14.0 Å². The molecule has 28 heavy (non-hydrogen) atoms. The molecule has 0 atom stereocenters. The van der Waals surface area contributed by atoms with Crippen molar-refractivity contribution >= 4 is 28.6 Å². The summed E-state index contributed by atoms with van der Waals surface area (Å²) in [4.78, 5) is 39.0. The first-order chi connectivity index (χ1) is 13.4. The second-order valence-electron chi connectivity index (χ2n) is 5.47. The third-order valence-electron chi connectivity index (χ3n) is 3.75. The van der Waals surface area contributed by atoms with E-state index in [2.05, 4.69) is 19.6 Å². The fraction of sp³-hybridized carbons (Fsp3) is 0.235. The van der Waals surface area contributed by atoms with Crippen molar-refractivity contribution in [1.29, 1.82) is 0 Å². The number of ketones is 1. The molecule has 2 heterocycles. The van der Waals surface area contributed by atoms with Gasteiger partial charge in [0.2, 0.25) is 0 Å². The van der Waals surface area contributed by atoms with E-state index in [4.69, 9.17) is 9.26 Å². The molecule has 0 bridgehead atoms. The van der Waals surface area contributed by atoms with Crippen molar-refractivity contribution in [2.24, 2.45) is 0 Å². The van der Waals surface area contributed by atoms with Crippen molar-refractivity contribution in [3.8, 4) is 0 Å². The van der Waals surface area contributed by atoms with Crippen LogP contribution in [0.25, 0.3) is 10.9 Å². The van der Waals surface area contributed by atoms with E-state index in [1.807, 2.05) is 0 Å². The number of rotatable bonds is 7. The lowest BCUT2D eigenvalue weighted by Crippen LogP contribution is -2.12. The topological polar surface area (TPSA) is 123 Å². The number of hydrogen-bond donors (Lipinski definition) is 0. The smallest absolute Gasteiger partial charge is 0.379 e. The number of carbonyl (C=O) groups is 3. The van der Waals surface area contributed by atoms with E-state index in [-0.39, 0.29) is 24.3 Å². The Bertz CT molecular complexity index is 1060. The van der Waals surface area contributed by atoms with Gasteiger partial charge in [0.05, 0.1) is 25.3 Å². The van der Waals surface area contributed by atoms with Crippen LogP contribution >= 0.6 is 0 Å². The molecule has 0 radical (unpaired) electrons. The summed E-state index contributed by atoms with van der Waals surface area (Å²) in [6, 6.07) is 3.84. The molecule has 0 aliphatic rings. The number of fused-ring (bicyclic) bond motifs is 1. The summed E-state index contributed by atoms with van der Waals surface area (Å²) in [6.45, 7) is -0.394. The summed E-state index contributed by atoms with van der Waals surface area (Å²) in [5.41, 5.74) is 0.526. The van der Waals surface area contributed by atoms with Crippen molar-refractivity contribution in [1.82, 2.24) is 14.7 Å². The van der Waals surface area contributed by atoms with Crippen LogP contribution in [-0.4, -0.2) is 53.3 Å². The Morgan fingerprint density at radius 1 is 1.21 bits per heavy atom. The number of esters is 2. The molecule has 0 fully saturated rings. The largest absolute Gasteiger partial charge is 0.467 e. The first kappa shape index (κ1) is 19.2. The lowest BCUT2D eigenvalue weighted by molar-refractivity contribution is -0.147. The molecule has 0 unspecified atom stereocenters. The number of carbonyl (C=O) groups excluding carboxylic acids is 3. The van der Waals surface area contributed by atoms with Gasteiger partial charge in [-0.3, -0.25) is 4.79 Å². The highest BCUT2D eigenvalue weighted by Gasteiger charge is 2.24. The summed E-state index contributed by atoms with van der Waals surface area (Å²) in [5, 5.41) is 3.65. The third kappa shape index (κ3) is 3.74. The van der Waals surface area contributed by atoms with Gasteiger partial charge in [0.25, 0.3) is 17.5 Å². The minimum absolute atomic E-state index is 0.0521. The van der Waals surface area contributed by atoms with E-state index in [0.717, 1.165) is 13.2 Å². The van der Waals surface area contributed by atoms with Gasteiger partial charge >= 0.3 is 11.9 Å². The molecule has 11 heteroatoms. The summed E-state index contributed by atoms with van der Waals surface area (Å²) in [5.74, 6) is -3.59. The highest BCUT2D eigenvalue weighted by Crippen LogP contribution is 2.25. The summed E-state index contributed by atoms with van der Waals surface area (Å²) < 4.78 is 34.2. The normalized spacial score (nSPS) is 10.8. The fourth-order valence-corrected chi connectivity index (χ4v) is 2.45. The van der Waals surface area contributed by atoms with Gasteiger partial charge in [-0.15, -0.1) is 0 Å². The molecule has 2 aromatic heterocycles. The number of halogens is 1. The molecule has 0 aliphatic heterocycles. The molecular weight excluding hydrogens is 377 g/mol. The van der Waals surface area contributed by atoms with Crippen LogP contribution in [0, 0.1) is 5.82 Å². The number of nitrogens with zero attached hydrogens (tertiary/aromatic N) is 3. The predicted octanol–water partition coefficient (Wildman–Crippen LogP) is 1.33. The van der Waals surface area contributed by atoms with Crippen LogP contribution in [-0.2, 0) is 25.7 Å². The van der Waals surface area contributed by atoms with E-state index >= 15 is 0 Å². The first-order valence-corrected chi connectivity index (χ1v) is 7.84. The van der Waals surface area contributed by atoms with Gasteiger partial charge in [0.1, 0.15) is 19.2 Å². The minimum atomic E-state index is -0.868. The van der Waals surface area contributed by atoms with Crippen LogP contribution in [0.3, 0.4) is 0 Å². The number of hydrogen-bond acceptors (Lipinski definition) is 9. The average Bonchev–Trinajstić information content (AvgIpc) is 3.32. The van der Waals surface area contributed by atoms with E-state index in [0.29, 0.717) is 5.52 Å². The lowest BCUT2D eigenvalue weighted by atomic mass is 10.1. The van der Waals surface area contributed by atoms with Crippen molar-refractivity contribution in [3.05, 3.63) is 47.5 Å². The van der Waals surface area contributed by atoms with Crippen LogP contribution in [0.1, 0.15) is 26.9 Å². The Labute approximate surface area is 156 Å². The molecule has 1 aromatic carbocycles. The Hall–Kier alpha value is -3.60. The molecule has 0 spiro atoms. The maximum Gasteiger partial charge on any atom is 0.379 e. The van der Waals surface area contributed by atoms with Crippen molar-refractivity contribution in [2.45, 2.75) is 6.73 Å². The Morgan fingerprint density at radius 3 is 2.71 bits per heavy atom. The highest BCUT2D eigenvalue weighted by atomic mass is 19.1. The summed E-state index contributed by atoms with van der Waals surface area (Å²) >= 11 is 0.